The first-order valence-corrected chi connectivity index (χ1v) is 6.19. The summed E-state index contributed by atoms with van der Waals surface area (Å²) < 4.78 is 4.01. The minimum atomic E-state index is -0.0962. The Kier molecular flexibility index (Phi) is 3.78. The van der Waals surface area contributed by atoms with Gasteiger partial charge in [0, 0.05) is 12.4 Å². The lowest BCUT2D eigenvalue weighted by Crippen LogP contribution is -2.29. The average Bonchev–Trinajstić information content (AvgIpc) is 2.81. The van der Waals surface area contributed by atoms with E-state index in [0.717, 1.165) is 16.1 Å². The molecule has 0 spiro atoms. The van der Waals surface area contributed by atoms with E-state index >= 15 is 0 Å². The summed E-state index contributed by atoms with van der Waals surface area (Å²) in [6, 6.07) is 3.78. The maximum atomic E-state index is 5.64. The van der Waals surface area contributed by atoms with Gasteiger partial charge in [-0.1, -0.05) is 24.4 Å². The van der Waals surface area contributed by atoms with E-state index in [-0.39, 0.29) is 6.04 Å². The summed E-state index contributed by atoms with van der Waals surface area (Å²) >= 11 is 1.37. The second-order valence-electron chi connectivity index (χ2n) is 4.06. The molecule has 17 heavy (non-hydrogen) atoms. The van der Waals surface area contributed by atoms with Crippen molar-refractivity contribution in [2.24, 2.45) is 5.84 Å². The molecule has 0 aliphatic heterocycles. The van der Waals surface area contributed by atoms with Gasteiger partial charge in [-0.25, -0.2) is 5.43 Å². The molecule has 0 fully saturated rings. The van der Waals surface area contributed by atoms with Crippen LogP contribution in [0.3, 0.4) is 0 Å². The molecule has 0 radical (unpaired) electrons. The third-order valence-corrected chi connectivity index (χ3v) is 3.34. The van der Waals surface area contributed by atoms with E-state index in [2.05, 4.69) is 33.8 Å². The molecule has 2 heterocycles. The van der Waals surface area contributed by atoms with Crippen LogP contribution in [-0.4, -0.2) is 14.6 Å². The SMILES string of the molecule is CC(C)c1nnsc1C(NN)c1cccnc1. The predicted octanol–water partition coefficient (Wildman–Crippen LogP) is 1.61. The fourth-order valence-electron chi connectivity index (χ4n) is 1.68. The fourth-order valence-corrected chi connectivity index (χ4v) is 2.57. The van der Waals surface area contributed by atoms with Gasteiger partial charge in [0.15, 0.2) is 0 Å². The van der Waals surface area contributed by atoms with E-state index in [4.69, 9.17) is 5.84 Å². The van der Waals surface area contributed by atoms with E-state index in [0.29, 0.717) is 5.92 Å². The molecule has 0 aromatic carbocycles. The van der Waals surface area contributed by atoms with Crippen LogP contribution in [-0.2, 0) is 0 Å². The number of rotatable bonds is 4. The van der Waals surface area contributed by atoms with Crippen molar-refractivity contribution in [2.45, 2.75) is 25.8 Å². The van der Waals surface area contributed by atoms with Crippen LogP contribution in [0.2, 0.25) is 0 Å². The zero-order chi connectivity index (χ0) is 12.3. The van der Waals surface area contributed by atoms with Crippen molar-refractivity contribution < 1.29 is 0 Å². The summed E-state index contributed by atoms with van der Waals surface area (Å²) in [5, 5.41) is 4.16. The molecule has 1 unspecified atom stereocenters. The second kappa shape index (κ2) is 5.31. The van der Waals surface area contributed by atoms with Gasteiger partial charge in [-0.2, -0.15) is 0 Å². The number of hydrazine groups is 1. The molecule has 2 aromatic heterocycles. The molecular weight excluding hydrogens is 234 g/mol. The maximum absolute atomic E-state index is 5.64. The molecular formula is C11H15N5S. The van der Waals surface area contributed by atoms with E-state index in [1.807, 2.05) is 12.1 Å². The monoisotopic (exact) mass is 249 g/mol. The molecule has 0 bridgehead atoms. The highest BCUT2D eigenvalue weighted by molar-refractivity contribution is 7.05. The second-order valence-corrected chi connectivity index (χ2v) is 4.85. The summed E-state index contributed by atoms with van der Waals surface area (Å²) in [6.07, 6.45) is 3.54. The van der Waals surface area contributed by atoms with E-state index < -0.39 is 0 Å². The smallest absolute Gasteiger partial charge is 0.0852 e. The van der Waals surface area contributed by atoms with Crippen LogP contribution >= 0.6 is 11.5 Å². The number of nitrogens with zero attached hydrogens (tertiary/aromatic N) is 3. The Hall–Kier alpha value is -1.37. The zero-order valence-electron chi connectivity index (χ0n) is 9.79. The molecule has 2 rings (SSSR count). The molecule has 0 saturated heterocycles. The summed E-state index contributed by atoms with van der Waals surface area (Å²) in [4.78, 5) is 5.16. The Bertz CT molecular complexity index is 468. The Balaban J connectivity index is 2.39. The van der Waals surface area contributed by atoms with Crippen molar-refractivity contribution in [3.63, 3.8) is 0 Å². The van der Waals surface area contributed by atoms with Crippen molar-refractivity contribution >= 4 is 11.5 Å². The van der Waals surface area contributed by atoms with Gasteiger partial charge in [0.25, 0.3) is 0 Å². The number of nitrogens with one attached hydrogen (secondary N) is 1. The first-order valence-electron chi connectivity index (χ1n) is 5.42. The molecule has 0 aliphatic rings. The van der Waals surface area contributed by atoms with Crippen molar-refractivity contribution in [2.75, 3.05) is 0 Å². The zero-order valence-corrected chi connectivity index (χ0v) is 10.6. The fraction of sp³-hybridized carbons (Fsp3) is 0.364. The highest BCUT2D eigenvalue weighted by atomic mass is 32.1. The lowest BCUT2D eigenvalue weighted by atomic mass is 10.0. The highest BCUT2D eigenvalue weighted by Crippen LogP contribution is 2.29. The number of nitrogens with two attached hydrogens (primary N) is 1. The number of aromatic nitrogens is 3. The van der Waals surface area contributed by atoms with E-state index in [1.165, 1.54) is 11.5 Å². The number of pyridine rings is 1. The Morgan fingerprint density at radius 3 is 2.82 bits per heavy atom. The highest BCUT2D eigenvalue weighted by Gasteiger charge is 2.21. The minimum absolute atomic E-state index is 0.0962. The van der Waals surface area contributed by atoms with Crippen molar-refractivity contribution in [1.29, 1.82) is 0 Å². The molecule has 90 valence electrons. The first-order chi connectivity index (χ1) is 8.24. The lowest BCUT2D eigenvalue weighted by molar-refractivity contribution is 0.629. The Morgan fingerprint density at radius 2 is 2.24 bits per heavy atom. The largest absolute Gasteiger partial charge is 0.271 e. The number of hydrogen-bond acceptors (Lipinski definition) is 6. The summed E-state index contributed by atoms with van der Waals surface area (Å²) in [5.74, 6) is 5.97. The van der Waals surface area contributed by atoms with Crippen LogP contribution in [0.15, 0.2) is 24.5 Å². The van der Waals surface area contributed by atoms with E-state index in [9.17, 15) is 0 Å². The summed E-state index contributed by atoms with van der Waals surface area (Å²) in [5.41, 5.74) is 4.81. The van der Waals surface area contributed by atoms with Crippen LogP contribution in [0.4, 0.5) is 0 Å². The molecule has 0 saturated carbocycles. The number of hydrogen-bond donors (Lipinski definition) is 2. The predicted molar refractivity (Wildman–Crippen MR) is 67.4 cm³/mol. The van der Waals surface area contributed by atoms with Gasteiger partial charge in [-0.3, -0.25) is 10.8 Å². The van der Waals surface area contributed by atoms with Gasteiger partial charge < -0.3 is 0 Å². The molecule has 0 amide bonds. The average molecular weight is 249 g/mol. The van der Waals surface area contributed by atoms with Crippen molar-refractivity contribution in [1.82, 2.24) is 20.0 Å². The van der Waals surface area contributed by atoms with Gasteiger partial charge in [0.2, 0.25) is 0 Å². The Labute approximate surface area is 104 Å². The van der Waals surface area contributed by atoms with Crippen LogP contribution in [0.1, 0.15) is 41.9 Å². The van der Waals surface area contributed by atoms with Crippen LogP contribution in [0, 0.1) is 0 Å². The normalized spacial score (nSPS) is 12.9. The van der Waals surface area contributed by atoms with Gasteiger partial charge >= 0.3 is 0 Å². The minimum Gasteiger partial charge on any atom is -0.271 e. The molecule has 5 nitrogen and oxygen atoms in total. The van der Waals surface area contributed by atoms with Gasteiger partial charge in [0.05, 0.1) is 16.6 Å². The standard InChI is InChI=1S/C11H15N5S/c1-7(2)9-11(17-16-15-9)10(14-12)8-4-3-5-13-6-8/h3-7,10,14H,12H2,1-2H3. The van der Waals surface area contributed by atoms with Crippen molar-refractivity contribution in [3.05, 3.63) is 40.7 Å². The third kappa shape index (κ3) is 2.49. The Morgan fingerprint density at radius 1 is 1.41 bits per heavy atom. The van der Waals surface area contributed by atoms with E-state index in [1.54, 1.807) is 12.4 Å². The third-order valence-electron chi connectivity index (χ3n) is 2.53. The lowest BCUT2D eigenvalue weighted by Gasteiger charge is -2.15. The molecule has 2 aromatic rings. The molecule has 6 heteroatoms. The quantitative estimate of drug-likeness (QED) is 0.636. The maximum Gasteiger partial charge on any atom is 0.0852 e. The topological polar surface area (TPSA) is 76.7 Å². The molecule has 3 N–H and O–H groups in total. The van der Waals surface area contributed by atoms with Crippen LogP contribution < -0.4 is 11.3 Å². The van der Waals surface area contributed by atoms with Gasteiger partial charge in [0.1, 0.15) is 0 Å². The summed E-state index contributed by atoms with van der Waals surface area (Å²) in [7, 11) is 0. The first kappa shape index (κ1) is 12.1. The van der Waals surface area contributed by atoms with Crippen molar-refractivity contribution in [3.8, 4) is 0 Å². The van der Waals surface area contributed by atoms with Gasteiger partial charge in [-0.15, -0.1) is 5.10 Å². The molecule has 1 atom stereocenters. The summed E-state index contributed by atoms with van der Waals surface area (Å²) in [6.45, 7) is 4.19. The van der Waals surface area contributed by atoms with Crippen LogP contribution in [0.5, 0.6) is 0 Å². The molecule has 0 aliphatic carbocycles. The van der Waals surface area contributed by atoms with Gasteiger partial charge in [-0.05, 0) is 29.1 Å². The van der Waals surface area contributed by atoms with Crippen LogP contribution in [0.25, 0.3) is 0 Å².